The van der Waals surface area contributed by atoms with Crippen LogP contribution in [0.4, 0.5) is 5.69 Å². The van der Waals surface area contributed by atoms with Gasteiger partial charge in [-0.1, -0.05) is 30.3 Å². The Morgan fingerprint density at radius 3 is 2.30 bits per heavy atom. The molecular formula is C21H15Br2N3O4. The van der Waals surface area contributed by atoms with Crippen LogP contribution in [-0.4, -0.2) is 17.0 Å². The number of amides is 1. The maximum Gasteiger partial charge on any atom is 0.271 e. The van der Waals surface area contributed by atoms with E-state index < -0.39 is 10.8 Å². The van der Waals surface area contributed by atoms with Gasteiger partial charge in [0.2, 0.25) is 0 Å². The number of nitro benzene ring substituents is 1. The summed E-state index contributed by atoms with van der Waals surface area (Å²) < 4.78 is 7.34. The van der Waals surface area contributed by atoms with Crippen molar-refractivity contribution in [2.75, 3.05) is 0 Å². The highest BCUT2D eigenvalue weighted by molar-refractivity contribution is 9.11. The van der Waals surface area contributed by atoms with E-state index in [0.717, 1.165) is 20.1 Å². The standard InChI is InChI=1S/C21H15Br2N3O4/c22-18-10-15(11-19(23)20(18)30-13-14-4-2-1-3-5-14)12-24-25-21(27)16-6-8-17(9-7-16)26(28)29/h1-12H,13H2,(H,25,27)/b24-12-. The average molecular weight is 533 g/mol. The van der Waals surface area contributed by atoms with Crippen LogP contribution < -0.4 is 10.2 Å². The minimum atomic E-state index is -0.525. The molecule has 152 valence electrons. The SMILES string of the molecule is O=C(N/N=C\c1cc(Br)c(OCc2ccccc2)c(Br)c1)c1ccc([N+](=O)[O-])cc1. The summed E-state index contributed by atoms with van der Waals surface area (Å²) >= 11 is 6.98. The number of nitrogens with one attached hydrogen (secondary N) is 1. The van der Waals surface area contributed by atoms with Crippen LogP contribution in [0.5, 0.6) is 5.75 Å². The predicted molar refractivity (Wildman–Crippen MR) is 121 cm³/mol. The minimum Gasteiger partial charge on any atom is -0.487 e. The number of rotatable bonds is 7. The average Bonchev–Trinajstić information content (AvgIpc) is 2.74. The summed E-state index contributed by atoms with van der Waals surface area (Å²) in [6, 6.07) is 18.7. The van der Waals surface area contributed by atoms with Crippen LogP contribution in [0.3, 0.4) is 0 Å². The Hall–Kier alpha value is -3.04. The lowest BCUT2D eigenvalue weighted by atomic mass is 10.2. The first-order valence-electron chi connectivity index (χ1n) is 8.67. The molecule has 0 aromatic heterocycles. The van der Waals surface area contributed by atoms with Gasteiger partial charge in [-0.25, -0.2) is 5.43 Å². The molecule has 0 aliphatic heterocycles. The monoisotopic (exact) mass is 531 g/mol. The van der Waals surface area contributed by atoms with Crippen molar-refractivity contribution < 1.29 is 14.5 Å². The number of hydrogen-bond acceptors (Lipinski definition) is 5. The number of nitrogens with zero attached hydrogens (tertiary/aromatic N) is 2. The van der Waals surface area contributed by atoms with E-state index in [1.165, 1.54) is 30.5 Å². The van der Waals surface area contributed by atoms with Gasteiger partial charge in [-0.3, -0.25) is 14.9 Å². The molecule has 7 nitrogen and oxygen atoms in total. The first kappa shape index (κ1) is 21.7. The van der Waals surface area contributed by atoms with Crippen molar-refractivity contribution in [1.29, 1.82) is 0 Å². The molecule has 0 saturated heterocycles. The van der Waals surface area contributed by atoms with E-state index in [9.17, 15) is 14.9 Å². The van der Waals surface area contributed by atoms with Gasteiger partial charge in [0.25, 0.3) is 11.6 Å². The molecule has 0 aliphatic rings. The molecular weight excluding hydrogens is 518 g/mol. The fourth-order valence-electron chi connectivity index (χ4n) is 2.49. The zero-order valence-electron chi connectivity index (χ0n) is 15.4. The molecule has 9 heteroatoms. The number of ether oxygens (including phenoxy) is 1. The minimum absolute atomic E-state index is 0.0840. The Morgan fingerprint density at radius 1 is 1.07 bits per heavy atom. The Kier molecular flexibility index (Phi) is 7.31. The van der Waals surface area contributed by atoms with E-state index in [1.807, 2.05) is 42.5 Å². The van der Waals surface area contributed by atoms with Crippen LogP contribution in [-0.2, 0) is 6.61 Å². The van der Waals surface area contributed by atoms with Gasteiger partial charge in [-0.15, -0.1) is 0 Å². The molecule has 0 saturated carbocycles. The highest BCUT2D eigenvalue weighted by Crippen LogP contribution is 2.35. The summed E-state index contributed by atoms with van der Waals surface area (Å²) in [5.74, 6) is 0.188. The van der Waals surface area contributed by atoms with Crippen molar-refractivity contribution in [3.63, 3.8) is 0 Å². The van der Waals surface area contributed by atoms with Crippen molar-refractivity contribution >= 4 is 49.7 Å². The Labute approximate surface area is 189 Å². The van der Waals surface area contributed by atoms with Gasteiger partial charge >= 0.3 is 0 Å². The molecule has 0 radical (unpaired) electrons. The van der Waals surface area contributed by atoms with Gasteiger partial charge < -0.3 is 4.74 Å². The van der Waals surface area contributed by atoms with E-state index in [-0.39, 0.29) is 11.3 Å². The van der Waals surface area contributed by atoms with E-state index in [4.69, 9.17) is 4.74 Å². The summed E-state index contributed by atoms with van der Waals surface area (Å²) in [6.07, 6.45) is 1.49. The number of hydrazone groups is 1. The highest BCUT2D eigenvalue weighted by atomic mass is 79.9. The third-order valence-electron chi connectivity index (χ3n) is 3.97. The summed E-state index contributed by atoms with van der Waals surface area (Å²) in [6.45, 7) is 0.427. The molecule has 1 amide bonds. The van der Waals surface area contributed by atoms with Gasteiger partial charge in [0, 0.05) is 17.7 Å². The van der Waals surface area contributed by atoms with E-state index in [0.29, 0.717) is 12.4 Å². The fourth-order valence-corrected chi connectivity index (χ4v) is 3.94. The molecule has 0 bridgehead atoms. The summed E-state index contributed by atoms with van der Waals surface area (Å²) in [5.41, 5.74) is 4.36. The Balaban J connectivity index is 1.62. The van der Waals surface area contributed by atoms with E-state index in [2.05, 4.69) is 42.4 Å². The molecule has 0 spiro atoms. The Morgan fingerprint density at radius 2 is 1.70 bits per heavy atom. The molecule has 3 rings (SSSR count). The predicted octanol–water partition coefficient (Wildman–Crippen LogP) is 5.46. The number of benzene rings is 3. The second kappa shape index (κ2) is 10.1. The van der Waals surface area contributed by atoms with Crippen LogP contribution in [0.25, 0.3) is 0 Å². The van der Waals surface area contributed by atoms with Gasteiger partial charge in [-0.2, -0.15) is 5.10 Å². The van der Waals surface area contributed by atoms with Crippen molar-refractivity contribution in [1.82, 2.24) is 5.43 Å². The van der Waals surface area contributed by atoms with Crippen molar-refractivity contribution in [2.24, 2.45) is 5.10 Å². The molecule has 1 N–H and O–H groups in total. The van der Waals surface area contributed by atoms with Gasteiger partial charge in [0.05, 0.1) is 20.1 Å². The third-order valence-corrected chi connectivity index (χ3v) is 5.14. The quantitative estimate of drug-likeness (QED) is 0.248. The molecule has 0 fully saturated rings. The largest absolute Gasteiger partial charge is 0.487 e. The summed E-state index contributed by atoms with van der Waals surface area (Å²) in [7, 11) is 0. The van der Waals surface area contributed by atoms with Crippen LogP contribution >= 0.6 is 31.9 Å². The zero-order valence-corrected chi connectivity index (χ0v) is 18.6. The van der Waals surface area contributed by atoms with Gasteiger partial charge in [0.15, 0.2) is 0 Å². The van der Waals surface area contributed by atoms with Crippen molar-refractivity contribution in [2.45, 2.75) is 6.61 Å². The first-order valence-corrected chi connectivity index (χ1v) is 10.3. The number of nitro groups is 1. The number of hydrogen-bond donors (Lipinski definition) is 1. The lowest BCUT2D eigenvalue weighted by Gasteiger charge is -2.11. The first-order chi connectivity index (χ1) is 14.4. The van der Waals surface area contributed by atoms with Crippen LogP contribution in [0.15, 0.2) is 80.8 Å². The topological polar surface area (TPSA) is 93.8 Å². The molecule has 30 heavy (non-hydrogen) atoms. The van der Waals surface area contributed by atoms with E-state index in [1.54, 1.807) is 0 Å². The molecule has 3 aromatic carbocycles. The highest BCUT2D eigenvalue weighted by Gasteiger charge is 2.10. The van der Waals surface area contributed by atoms with Gasteiger partial charge in [-0.05, 0) is 67.3 Å². The molecule has 0 unspecified atom stereocenters. The normalized spacial score (nSPS) is 10.7. The maximum absolute atomic E-state index is 12.1. The lowest BCUT2D eigenvalue weighted by Crippen LogP contribution is -2.17. The Bertz CT molecular complexity index is 1060. The van der Waals surface area contributed by atoms with Crippen LogP contribution in [0.2, 0.25) is 0 Å². The van der Waals surface area contributed by atoms with Crippen LogP contribution in [0.1, 0.15) is 21.5 Å². The van der Waals surface area contributed by atoms with E-state index >= 15 is 0 Å². The lowest BCUT2D eigenvalue weighted by molar-refractivity contribution is -0.384. The number of carbonyl (C=O) groups excluding carboxylic acids is 1. The number of carbonyl (C=O) groups is 1. The molecule has 0 aliphatic carbocycles. The molecule has 3 aromatic rings. The number of non-ortho nitro benzene ring substituents is 1. The number of halogens is 2. The van der Waals surface area contributed by atoms with Crippen molar-refractivity contribution in [3.8, 4) is 5.75 Å². The summed E-state index contributed by atoms with van der Waals surface area (Å²) in [5, 5.41) is 14.6. The third kappa shape index (κ3) is 5.74. The molecule has 0 heterocycles. The maximum atomic E-state index is 12.1. The van der Waals surface area contributed by atoms with Crippen LogP contribution in [0, 0.1) is 10.1 Å². The second-order valence-corrected chi connectivity index (χ2v) is 7.80. The van der Waals surface area contributed by atoms with Gasteiger partial charge in [0.1, 0.15) is 12.4 Å². The second-order valence-electron chi connectivity index (χ2n) is 6.09. The summed E-state index contributed by atoms with van der Waals surface area (Å²) in [4.78, 5) is 22.2. The zero-order chi connectivity index (χ0) is 21.5. The molecule has 0 atom stereocenters. The smallest absolute Gasteiger partial charge is 0.271 e. The van der Waals surface area contributed by atoms with Crippen molar-refractivity contribution in [3.05, 3.63) is 102 Å². The fraction of sp³-hybridized carbons (Fsp3) is 0.0476.